The van der Waals surface area contributed by atoms with Crippen molar-refractivity contribution in [3.63, 3.8) is 0 Å². The van der Waals surface area contributed by atoms with Crippen LogP contribution in [0.2, 0.25) is 10.0 Å². The first-order valence-electron chi connectivity index (χ1n) is 6.46. The highest BCUT2D eigenvalue weighted by Crippen LogP contribution is 2.30. The summed E-state index contributed by atoms with van der Waals surface area (Å²) in [6.45, 7) is -0.125. The SMILES string of the molecule is O=C(COc1ncnc2c(Cl)cc(Cl)cc12)c1ccccc1. The zero-order valence-corrected chi connectivity index (χ0v) is 12.8. The summed E-state index contributed by atoms with van der Waals surface area (Å²) in [7, 11) is 0. The molecule has 3 aromatic rings. The fraction of sp³-hybridized carbons (Fsp3) is 0.0625. The van der Waals surface area contributed by atoms with Gasteiger partial charge in [-0.1, -0.05) is 53.5 Å². The van der Waals surface area contributed by atoms with Gasteiger partial charge in [0, 0.05) is 10.6 Å². The average molecular weight is 333 g/mol. The van der Waals surface area contributed by atoms with Crippen molar-refractivity contribution in [3.05, 3.63) is 64.4 Å². The highest BCUT2D eigenvalue weighted by molar-refractivity contribution is 6.38. The largest absolute Gasteiger partial charge is 0.469 e. The van der Waals surface area contributed by atoms with E-state index in [-0.39, 0.29) is 18.3 Å². The van der Waals surface area contributed by atoms with Crippen molar-refractivity contribution in [1.29, 1.82) is 0 Å². The summed E-state index contributed by atoms with van der Waals surface area (Å²) < 4.78 is 5.53. The molecule has 1 aromatic heterocycles. The van der Waals surface area contributed by atoms with Gasteiger partial charge in [0.25, 0.3) is 0 Å². The zero-order valence-electron chi connectivity index (χ0n) is 11.3. The van der Waals surface area contributed by atoms with Crippen molar-refractivity contribution in [2.45, 2.75) is 0 Å². The summed E-state index contributed by atoms with van der Waals surface area (Å²) in [5, 5.41) is 1.43. The lowest BCUT2D eigenvalue weighted by atomic mass is 10.1. The standard InChI is InChI=1S/C16H10Cl2N2O2/c17-11-6-12-15(13(18)7-11)19-9-20-16(12)22-8-14(21)10-4-2-1-3-5-10/h1-7,9H,8H2. The number of ether oxygens (including phenoxy) is 1. The van der Waals surface area contributed by atoms with Crippen molar-refractivity contribution in [1.82, 2.24) is 9.97 Å². The molecule has 22 heavy (non-hydrogen) atoms. The van der Waals surface area contributed by atoms with Crippen LogP contribution in [0.3, 0.4) is 0 Å². The molecule has 0 radical (unpaired) electrons. The van der Waals surface area contributed by atoms with E-state index in [1.807, 2.05) is 6.07 Å². The van der Waals surface area contributed by atoms with Crippen LogP contribution in [0.4, 0.5) is 0 Å². The molecule has 3 rings (SSSR count). The van der Waals surface area contributed by atoms with Gasteiger partial charge in [-0.15, -0.1) is 0 Å². The molecule has 110 valence electrons. The minimum atomic E-state index is -0.138. The van der Waals surface area contributed by atoms with E-state index >= 15 is 0 Å². The van der Waals surface area contributed by atoms with Gasteiger partial charge in [0.15, 0.2) is 12.4 Å². The average Bonchev–Trinajstić information content (AvgIpc) is 2.53. The quantitative estimate of drug-likeness (QED) is 0.672. The highest BCUT2D eigenvalue weighted by Gasteiger charge is 2.12. The number of carbonyl (C=O) groups excluding carboxylic acids is 1. The Hall–Kier alpha value is -2.17. The van der Waals surface area contributed by atoms with E-state index in [9.17, 15) is 4.79 Å². The third-order valence-corrected chi connectivity index (χ3v) is 3.56. The van der Waals surface area contributed by atoms with Crippen LogP contribution in [0.5, 0.6) is 5.88 Å². The van der Waals surface area contributed by atoms with Crippen LogP contribution in [0, 0.1) is 0 Å². The van der Waals surface area contributed by atoms with Crippen LogP contribution in [0.15, 0.2) is 48.8 Å². The molecular weight excluding hydrogens is 323 g/mol. The number of benzene rings is 2. The van der Waals surface area contributed by atoms with Crippen molar-refractivity contribution >= 4 is 39.9 Å². The van der Waals surface area contributed by atoms with Crippen LogP contribution in [0.25, 0.3) is 10.9 Å². The fourth-order valence-electron chi connectivity index (χ4n) is 2.03. The van der Waals surface area contributed by atoms with E-state index in [0.29, 0.717) is 26.5 Å². The number of hydrogen-bond donors (Lipinski definition) is 0. The van der Waals surface area contributed by atoms with Crippen LogP contribution in [-0.4, -0.2) is 22.4 Å². The van der Waals surface area contributed by atoms with Crippen molar-refractivity contribution in [2.24, 2.45) is 0 Å². The predicted octanol–water partition coefficient (Wildman–Crippen LogP) is 4.20. The van der Waals surface area contributed by atoms with E-state index < -0.39 is 0 Å². The van der Waals surface area contributed by atoms with Gasteiger partial charge < -0.3 is 4.74 Å². The number of rotatable bonds is 4. The molecule has 0 N–H and O–H groups in total. The van der Waals surface area contributed by atoms with Crippen molar-refractivity contribution in [2.75, 3.05) is 6.61 Å². The topological polar surface area (TPSA) is 52.1 Å². The third kappa shape index (κ3) is 3.03. The number of hydrogen-bond acceptors (Lipinski definition) is 4. The predicted molar refractivity (Wildman–Crippen MR) is 85.8 cm³/mol. The van der Waals surface area contributed by atoms with Crippen molar-refractivity contribution in [3.8, 4) is 5.88 Å². The van der Waals surface area contributed by atoms with Crippen molar-refractivity contribution < 1.29 is 9.53 Å². The first kappa shape index (κ1) is 14.8. The minimum Gasteiger partial charge on any atom is -0.469 e. The number of fused-ring (bicyclic) bond motifs is 1. The summed E-state index contributed by atoms with van der Waals surface area (Å²) in [6.07, 6.45) is 1.34. The molecular formula is C16H10Cl2N2O2. The van der Waals surface area contributed by atoms with Gasteiger partial charge in [0.05, 0.1) is 15.9 Å². The molecule has 0 spiro atoms. The molecule has 0 amide bonds. The molecule has 0 aliphatic rings. The van der Waals surface area contributed by atoms with Gasteiger partial charge in [-0.2, -0.15) is 0 Å². The maximum atomic E-state index is 12.1. The van der Waals surface area contributed by atoms with Gasteiger partial charge in [0.2, 0.25) is 5.88 Å². The molecule has 4 nitrogen and oxygen atoms in total. The number of ketones is 1. The molecule has 6 heteroatoms. The van der Waals surface area contributed by atoms with E-state index in [2.05, 4.69) is 9.97 Å². The molecule has 0 fully saturated rings. The molecule has 0 aliphatic heterocycles. The maximum absolute atomic E-state index is 12.1. The fourth-order valence-corrected chi connectivity index (χ4v) is 2.57. The van der Waals surface area contributed by atoms with E-state index in [1.54, 1.807) is 36.4 Å². The molecule has 0 saturated heterocycles. The lowest BCUT2D eigenvalue weighted by Gasteiger charge is -2.08. The molecule has 0 saturated carbocycles. The molecule has 0 unspecified atom stereocenters. The maximum Gasteiger partial charge on any atom is 0.225 e. The molecule has 0 atom stereocenters. The second-order valence-corrected chi connectivity index (χ2v) is 5.38. The van der Waals surface area contributed by atoms with Crippen LogP contribution >= 0.6 is 23.2 Å². The highest BCUT2D eigenvalue weighted by atomic mass is 35.5. The second kappa shape index (κ2) is 6.30. The Morgan fingerprint density at radius 1 is 1.09 bits per heavy atom. The van der Waals surface area contributed by atoms with Gasteiger partial charge in [-0.3, -0.25) is 4.79 Å². The Balaban J connectivity index is 1.87. The van der Waals surface area contributed by atoms with E-state index in [1.165, 1.54) is 6.33 Å². The second-order valence-electron chi connectivity index (χ2n) is 4.54. The molecule has 0 aliphatic carbocycles. The Kier molecular flexibility index (Phi) is 4.22. The third-order valence-electron chi connectivity index (χ3n) is 3.06. The van der Waals surface area contributed by atoms with Gasteiger partial charge >= 0.3 is 0 Å². The van der Waals surface area contributed by atoms with E-state index in [4.69, 9.17) is 27.9 Å². The number of carbonyl (C=O) groups is 1. The monoisotopic (exact) mass is 332 g/mol. The minimum absolute atomic E-state index is 0.125. The lowest BCUT2D eigenvalue weighted by molar-refractivity contribution is 0.0919. The Bertz CT molecular complexity index is 838. The molecule has 1 heterocycles. The Morgan fingerprint density at radius 3 is 2.64 bits per heavy atom. The number of halogens is 2. The summed E-state index contributed by atoms with van der Waals surface area (Å²) in [5.74, 6) is 0.138. The summed E-state index contributed by atoms with van der Waals surface area (Å²) in [6, 6.07) is 12.2. The lowest BCUT2D eigenvalue weighted by Crippen LogP contribution is -2.12. The normalized spacial score (nSPS) is 10.6. The van der Waals surface area contributed by atoms with Crippen LogP contribution in [0.1, 0.15) is 10.4 Å². The first-order valence-corrected chi connectivity index (χ1v) is 7.21. The summed E-state index contributed by atoms with van der Waals surface area (Å²) >= 11 is 12.1. The number of nitrogens with zero attached hydrogens (tertiary/aromatic N) is 2. The first-order chi connectivity index (χ1) is 10.6. The smallest absolute Gasteiger partial charge is 0.225 e. The Labute approximate surface area is 136 Å². The van der Waals surface area contributed by atoms with Crippen LogP contribution in [-0.2, 0) is 0 Å². The molecule has 2 aromatic carbocycles. The number of aromatic nitrogens is 2. The van der Waals surface area contributed by atoms with Crippen LogP contribution < -0.4 is 4.74 Å². The van der Waals surface area contributed by atoms with Gasteiger partial charge in [-0.25, -0.2) is 9.97 Å². The summed E-state index contributed by atoms with van der Waals surface area (Å²) in [4.78, 5) is 20.2. The van der Waals surface area contributed by atoms with Gasteiger partial charge in [0.1, 0.15) is 6.33 Å². The van der Waals surface area contributed by atoms with E-state index in [0.717, 1.165) is 0 Å². The number of Topliss-reactive ketones (excluding diaryl/α,β-unsaturated/α-hetero) is 1. The Morgan fingerprint density at radius 2 is 1.86 bits per heavy atom. The molecule has 0 bridgehead atoms. The summed E-state index contributed by atoms with van der Waals surface area (Å²) in [5.41, 5.74) is 1.11. The zero-order chi connectivity index (χ0) is 15.5. The van der Waals surface area contributed by atoms with Gasteiger partial charge in [-0.05, 0) is 12.1 Å².